The van der Waals surface area contributed by atoms with Crippen LogP contribution in [0.15, 0.2) is 91.0 Å². The van der Waals surface area contributed by atoms with Gasteiger partial charge in [-0.25, -0.2) is 0 Å². The van der Waals surface area contributed by atoms with Gasteiger partial charge in [0.25, 0.3) is 5.91 Å². The van der Waals surface area contributed by atoms with Crippen molar-refractivity contribution in [3.63, 3.8) is 0 Å². The third kappa shape index (κ3) is 4.40. The summed E-state index contributed by atoms with van der Waals surface area (Å²) in [5, 5.41) is 12.4. The summed E-state index contributed by atoms with van der Waals surface area (Å²) >= 11 is 0. The first-order valence-corrected chi connectivity index (χ1v) is 16.1. The zero-order chi connectivity index (χ0) is 32.2. The van der Waals surface area contributed by atoms with Gasteiger partial charge in [-0.2, -0.15) is 0 Å². The fourth-order valence-electron chi connectivity index (χ4n) is 7.96. The molecule has 0 radical (unpaired) electrons. The van der Waals surface area contributed by atoms with E-state index >= 15 is 0 Å². The number of ether oxygens (including phenoxy) is 2. The van der Waals surface area contributed by atoms with E-state index in [1.807, 2.05) is 105 Å². The number of anilines is 2. The number of fused-ring (bicyclic) bond motifs is 3. The molecule has 238 valence electrons. The Bertz CT molecular complexity index is 1750. The summed E-state index contributed by atoms with van der Waals surface area (Å²) in [6.45, 7) is 6.37. The molecule has 2 saturated heterocycles. The van der Waals surface area contributed by atoms with Gasteiger partial charge in [0, 0.05) is 24.5 Å². The van der Waals surface area contributed by atoms with Crippen molar-refractivity contribution in [1.82, 2.24) is 4.90 Å². The average molecular weight is 622 g/mol. The Labute approximate surface area is 268 Å². The predicted molar refractivity (Wildman–Crippen MR) is 176 cm³/mol. The number of aliphatic hydroxyl groups is 1. The number of rotatable bonds is 7. The molecule has 7 rings (SSSR count). The van der Waals surface area contributed by atoms with E-state index in [1.165, 1.54) is 4.90 Å². The maximum absolute atomic E-state index is 14.8. The van der Waals surface area contributed by atoms with Gasteiger partial charge in [0.2, 0.25) is 11.8 Å². The Balaban J connectivity index is 1.33. The van der Waals surface area contributed by atoms with Gasteiger partial charge >= 0.3 is 0 Å². The Hall–Kier alpha value is -4.47. The Morgan fingerprint density at radius 1 is 0.848 bits per heavy atom. The SMILES string of the molecule is CCOc1ccc(N2CC=C[C@]3(CC)O[C@]45C=CCN(c6ccc7ccccc7c6)C(=O)C4N([C@H](C)CO)C(=O)[C@@H]5[C@@H]3C2=O)cc1. The van der Waals surface area contributed by atoms with Gasteiger partial charge in [0.15, 0.2) is 0 Å². The standard InChI is InChI=1S/C37H39N3O6/c1-4-36-18-8-20-38(27-14-16-29(17-15-27)45-5-2)33(42)30(36)31-34(43)40(24(3)23-41)32-35(44)39(21-9-19-37(31,32)46-36)28-13-12-25-10-6-7-11-26(25)22-28/h6-19,22,24,30-32,41H,4-5,20-21,23H2,1-3H3/t24-,30-,31+,32?,36+,37+/m1/s1. The number of aliphatic hydroxyl groups excluding tert-OH is 1. The molecule has 9 nitrogen and oxygen atoms in total. The van der Waals surface area contributed by atoms with Gasteiger partial charge < -0.3 is 29.3 Å². The zero-order valence-corrected chi connectivity index (χ0v) is 26.3. The lowest BCUT2D eigenvalue weighted by Crippen LogP contribution is -2.58. The topological polar surface area (TPSA) is 99.6 Å². The van der Waals surface area contributed by atoms with Crippen LogP contribution in [0.3, 0.4) is 0 Å². The fraction of sp³-hybridized carbons (Fsp3) is 0.378. The normalized spacial score (nSPS) is 29.4. The summed E-state index contributed by atoms with van der Waals surface area (Å²) in [7, 11) is 0. The monoisotopic (exact) mass is 621 g/mol. The quantitative estimate of drug-likeness (QED) is 0.391. The number of hydrogen-bond donors (Lipinski definition) is 1. The summed E-state index contributed by atoms with van der Waals surface area (Å²) in [6, 6.07) is 19.4. The minimum absolute atomic E-state index is 0.236. The van der Waals surface area contributed by atoms with Crippen LogP contribution in [0.1, 0.15) is 27.2 Å². The summed E-state index contributed by atoms with van der Waals surface area (Å²) in [5.74, 6) is -2.06. The molecule has 0 aromatic heterocycles. The Morgan fingerprint density at radius 3 is 2.22 bits per heavy atom. The van der Waals surface area contributed by atoms with Crippen molar-refractivity contribution in [2.45, 2.75) is 50.5 Å². The maximum atomic E-state index is 14.8. The lowest BCUT2D eigenvalue weighted by atomic mass is 9.73. The van der Waals surface area contributed by atoms with Crippen LogP contribution >= 0.6 is 0 Å². The second-order valence-electron chi connectivity index (χ2n) is 12.6. The maximum Gasteiger partial charge on any atom is 0.253 e. The smallest absolute Gasteiger partial charge is 0.253 e. The van der Waals surface area contributed by atoms with Gasteiger partial charge in [-0.15, -0.1) is 0 Å². The molecule has 6 atom stereocenters. The first kappa shape index (κ1) is 30.2. The lowest BCUT2D eigenvalue weighted by molar-refractivity contribution is -0.148. The second kappa shape index (κ2) is 11.4. The average Bonchev–Trinajstić information content (AvgIpc) is 3.37. The fourth-order valence-corrected chi connectivity index (χ4v) is 7.96. The molecule has 9 heteroatoms. The molecule has 4 aliphatic rings. The molecule has 1 spiro atoms. The van der Waals surface area contributed by atoms with Crippen molar-refractivity contribution < 1.29 is 29.0 Å². The number of amides is 3. The van der Waals surface area contributed by atoms with Crippen molar-refractivity contribution >= 4 is 39.9 Å². The van der Waals surface area contributed by atoms with Crippen molar-refractivity contribution in [2.75, 3.05) is 36.1 Å². The molecule has 1 unspecified atom stereocenters. The van der Waals surface area contributed by atoms with Crippen LogP contribution in [0.4, 0.5) is 11.4 Å². The number of likely N-dealkylation sites (tertiary alicyclic amines) is 1. The van der Waals surface area contributed by atoms with Crippen LogP contribution in [0, 0.1) is 11.8 Å². The summed E-state index contributed by atoms with van der Waals surface area (Å²) in [4.78, 5) is 49.0. The molecule has 0 bridgehead atoms. The third-order valence-electron chi connectivity index (χ3n) is 10.1. The van der Waals surface area contributed by atoms with Gasteiger partial charge in [-0.3, -0.25) is 14.4 Å². The number of nitrogens with zero attached hydrogens (tertiary/aromatic N) is 3. The molecule has 1 N–H and O–H groups in total. The van der Waals surface area contributed by atoms with Crippen molar-refractivity contribution in [3.05, 3.63) is 91.0 Å². The minimum Gasteiger partial charge on any atom is -0.494 e. The molecule has 46 heavy (non-hydrogen) atoms. The molecular formula is C37H39N3O6. The van der Waals surface area contributed by atoms with Gasteiger partial charge in [0.05, 0.1) is 36.7 Å². The second-order valence-corrected chi connectivity index (χ2v) is 12.6. The highest BCUT2D eigenvalue weighted by Crippen LogP contribution is 2.59. The molecule has 4 aliphatic heterocycles. The highest BCUT2D eigenvalue weighted by atomic mass is 16.5. The third-order valence-corrected chi connectivity index (χ3v) is 10.1. The van der Waals surface area contributed by atoms with Gasteiger partial charge in [-0.1, -0.05) is 61.6 Å². The Morgan fingerprint density at radius 2 is 1.52 bits per heavy atom. The zero-order valence-electron chi connectivity index (χ0n) is 26.3. The number of carbonyl (C=O) groups excluding carboxylic acids is 3. The molecular weight excluding hydrogens is 582 g/mol. The van der Waals surface area contributed by atoms with E-state index < -0.39 is 35.1 Å². The highest BCUT2D eigenvalue weighted by Gasteiger charge is 2.75. The van der Waals surface area contributed by atoms with E-state index in [-0.39, 0.29) is 30.9 Å². The molecule has 3 aromatic rings. The first-order chi connectivity index (χ1) is 22.3. The summed E-state index contributed by atoms with van der Waals surface area (Å²) < 4.78 is 12.7. The van der Waals surface area contributed by atoms with Gasteiger partial charge in [-0.05, 0) is 67.4 Å². The summed E-state index contributed by atoms with van der Waals surface area (Å²) in [5.41, 5.74) is -1.13. The van der Waals surface area contributed by atoms with E-state index in [2.05, 4.69) is 0 Å². The van der Waals surface area contributed by atoms with Crippen molar-refractivity contribution in [3.8, 4) is 5.75 Å². The highest BCUT2D eigenvalue weighted by molar-refractivity contribution is 6.08. The van der Waals surface area contributed by atoms with Crippen molar-refractivity contribution in [1.29, 1.82) is 0 Å². The molecule has 2 fully saturated rings. The van der Waals surface area contributed by atoms with E-state index in [4.69, 9.17) is 9.47 Å². The van der Waals surface area contributed by atoms with E-state index in [0.717, 1.165) is 10.8 Å². The van der Waals surface area contributed by atoms with E-state index in [0.29, 0.717) is 36.7 Å². The van der Waals surface area contributed by atoms with Crippen molar-refractivity contribution in [2.24, 2.45) is 11.8 Å². The number of hydrogen-bond acceptors (Lipinski definition) is 6. The van der Waals surface area contributed by atoms with E-state index in [1.54, 1.807) is 16.7 Å². The Kier molecular flexibility index (Phi) is 7.48. The number of carbonyl (C=O) groups is 3. The van der Waals surface area contributed by atoms with Crippen LogP contribution in [-0.2, 0) is 19.1 Å². The van der Waals surface area contributed by atoms with Crippen LogP contribution in [0.5, 0.6) is 5.75 Å². The van der Waals surface area contributed by atoms with Crippen LogP contribution < -0.4 is 14.5 Å². The van der Waals surface area contributed by atoms with Crippen LogP contribution in [0.25, 0.3) is 10.8 Å². The largest absolute Gasteiger partial charge is 0.494 e. The molecule has 3 aromatic carbocycles. The van der Waals surface area contributed by atoms with E-state index in [9.17, 15) is 19.5 Å². The molecule has 4 heterocycles. The van der Waals surface area contributed by atoms with Crippen LogP contribution in [0.2, 0.25) is 0 Å². The molecule has 0 aliphatic carbocycles. The minimum atomic E-state index is -1.41. The lowest BCUT2D eigenvalue weighted by Gasteiger charge is -2.40. The predicted octanol–water partition coefficient (Wildman–Crippen LogP) is 4.49. The number of benzene rings is 3. The van der Waals surface area contributed by atoms with Gasteiger partial charge in [0.1, 0.15) is 17.4 Å². The van der Waals surface area contributed by atoms with Crippen LogP contribution in [-0.4, -0.2) is 77.3 Å². The summed E-state index contributed by atoms with van der Waals surface area (Å²) in [6.07, 6.45) is 8.00. The molecule has 0 saturated carbocycles. The molecule has 3 amide bonds. The first-order valence-electron chi connectivity index (χ1n) is 16.1.